The van der Waals surface area contributed by atoms with E-state index in [4.69, 9.17) is 14.2 Å². The number of thiazole rings is 1. The molecule has 2 aromatic carbocycles. The van der Waals surface area contributed by atoms with E-state index in [1.807, 2.05) is 6.92 Å². The summed E-state index contributed by atoms with van der Waals surface area (Å²) in [6, 6.07) is 9.02. The Morgan fingerprint density at radius 1 is 1.12 bits per heavy atom. The number of alkyl halides is 3. The number of amides is 1. The minimum atomic E-state index is -4.55. The van der Waals surface area contributed by atoms with Crippen molar-refractivity contribution in [1.82, 2.24) is 4.98 Å². The van der Waals surface area contributed by atoms with Gasteiger partial charge in [-0.05, 0) is 43.3 Å². The van der Waals surface area contributed by atoms with Crippen LogP contribution in [0.2, 0.25) is 0 Å². The van der Waals surface area contributed by atoms with E-state index >= 15 is 0 Å². The summed E-state index contributed by atoms with van der Waals surface area (Å²) < 4.78 is 55.2. The van der Waals surface area contributed by atoms with E-state index in [2.05, 4.69) is 4.98 Å². The summed E-state index contributed by atoms with van der Waals surface area (Å²) in [5.74, 6) is -0.272. The molecule has 0 atom stereocenters. The van der Waals surface area contributed by atoms with Gasteiger partial charge in [-0.3, -0.25) is 9.69 Å². The maximum atomic E-state index is 13.1. The van der Waals surface area contributed by atoms with E-state index in [1.165, 1.54) is 38.3 Å². The number of anilines is 2. The maximum Gasteiger partial charge on any atom is 0.416 e. The van der Waals surface area contributed by atoms with Gasteiger partial charge in [0.2, 0.25) is 5.91 Å². The number of hydrogen-bond acceptors (Lipinski definition) is 7. The highest BCUT2D eigenvalue weighted by Gasteiger charge is 2.31. The van der Waals surface area contributed by atoms with Gasteiger partial charge in [0, 0.05) is 12.3 Å². The fourth-order valence-corrected chi connectivity index (χ4v) is 3.88. The molecule has 1 aromatic heterocycles. The van der Waals surface area contributed by atoms with Crippen LogP contribution in [0.15, 0.2) is 47.8 Å². The number of benzene rings is 2. The van der Waals surface area contributed by atoms with Crippen molar-refractivity contribution < 1.29 is 37.0 Å². The van der Waals surface area contributed by atoms with E-state index in [1.54, 1.807) is 11.4 Å². The predicted molar refractivity (Wildman–Crippen MR) is 120 cm³/mol. The van der Waals surface area contributed by atoms with Crippen LogP contribution in [0.25, 0.3) is 0 Å². The number of aromatic nitrogens is 1. The number of carbonyl (C=O) groups excluding carboxylic acids is 2. The normalized spacial score (nSPS) is 11.1. The molecular weight excluding hydrogens is 473 g/mol. The van der Waals surface area contributed by atoms with Crippen LogP contribution in [-0.2, 0) is 22.3 Å². The minimum Gasteiger partial charge on any atom is -0.493 e. The highest BCUT2D eigenvalue weighted by atomic mass is 32.1. The quantitative estimate of drug-likeness (QED) is 0.379. The molecule has 1 amide bonds. The summed E-state index contributed by atoms with van der Waals surface area (Å²) in [5, 5.41) is 1.71. The molecule has 0 radical (unpaired) electrons. The topological polar surface area (TPSA) is 78.0 Å². The molecule has 0 N–H and O–H groups in total. The monoisotopic (exact) mass is 494 g/mol. The zero-order valence-corrected chi connectivity index (χ0v) is 19.3. The van der Waals surface area contributed by atoms with Crippen molar-refractivity contribution in [2.24, 2.45) is 0 Å². The molecule has 0 aliphatic rings. The van der Waals surface area contributed by atoms with Crippen LogP contribution in [0.1, 0.15) is 35.5 Å². The zero-order chi connectivity index (χ0) is 24.9. The van der Waals surface area contributed by atoms with Crippen LogP contribution in [-0.4, -0.2) is 30.6 Å². The van der Waals surface area contributed by atoms with Gasteiger partial charge in [-0.25, -0.2) is 9.78 Å². The molecule has 0 saturated heterocycles. The molecule has 0 aliphatic carbocycles. The average Bonchev–Trinajstić information content (AvgIpc) is 3.25. The molecule has 180 valence electrons. The number of esters is 1. The van der Waals surface area contributed by atoms with Crippen LogP contribution < -0.4 is 14.4 Å². The Hall–Kier alpha value is -3.60. The zero-order valence-electron chi connectivity index (χ0n) is 18.5. The molecule has 3 aromatic rings. The second-order valence-electron chi connectivity index (χ2n) is 6.90. The number of methoxy groups -OCH3 is 1. The molecule has 0 fully saturated rings. The average molecular weight is 494 g/mol. The minimum absolute atomic E-state index is 0.0294. The van der Waals surface area contributed by atoms with Crippen LogP contribution in [0, 0.1) is 0 Å². The number of hydrogen-bond donors (Lipinski definition) is 0. The second-order valence-corrected chi connectivity index (χ2v) is 7.74. The molecule has 0 saturated carbocycles. The standard InChI is InChI=1S/C23H21F3N2O5S/c1-4-32-19-9-8-15(10-20(19)31-3)21(30)33-12-17-13-34-22(27-17)28(14(2)29)18-7-5-6-16(11-18)23(24,25)26/h5-11,13H,4,12H2,1-3H3. The molecule has 0 bridgehead atoms. The molecule has 7 nitrogen and oxygen atoms in total. The Kier molecular flexibility index (Phi) is 7.77. The third kappa shape index (κ3) is 5.84. The van der Waals surface area contributed by atoms with Crippen LogP contribution in [0.4, 0.5) is 24.0 Å². The third-order valence-electron chi connectivity index (χ3n) is 4.53. The molecule has 0 aliphatic heterocycles. The van der Waals surface area contributed by atoms with Crippen molar-refractivity contribution >= 4 is 34.0 Å². The molecular formula is C23H21F3N2O5S. The Balaban J connectivity index is 1.74. The van der Waals surface area contributed by atoms with Gasteiger partial charge >= 0.3 is 12.1 Å². The number of rotatable bonds is 8. The van der Waals surface area contributed by atoms with Crippen molar-refractivity contribution in [1.29, 1.82) is 0 Å². The van der Waals surface area contributed by atoms with Crippen molar-refractivity contribution in [3.05, 3.63) is 64.7 Å². The van der Waals surface area contributed by atoms with Gasteiger partial charge in [-0.15, -0.1) is 11.3 Å². The predicted octanol–water partition coefficient (Wildman–Crippen LogP) is 5.61. The van der Waals surface area contributed by atoms with E-state index in [9.17, 15) is 22.8 Å². The molecule has 11 heteroatoms. The number of nitrogens with zero attached hydrogens (tertiary/aromatic N) is 2. The lowest BCUT2D eigenvalue weighted by Crippen LogP contribution is -2.23. The first kappa shape index (κ1) is 25.0. The lowest BCUT2D eigenvalue weighted by molar-refractivity contribution is -0.137. The number of halogens is 3. The van der Waals surface area contributed by atoms with Crippen LogP contribution >= 0.6 is 11.3 Å². The molecule has 0 unspecified atom stereocenters. The van der Waals surface area contributed by atoms with Crippen molar-refractivity contribution in [2.45, 2.75) is 26.6 Å². The summed E-state index contributed by atoms with van der Waals surface area (Å²) >= 11 is 1.04. The molecule has 1 heterocycles. The maximum absolute atomic E-state index is 13.1. The van der Waals surface area contributed by atoms with Crippen LogP contribution in [0.5, 0.6) is 11.5 Å². The van der Waals surface area contributed by atoms with Gasteiger partial charge < -0.3 is 14.2 Å². The second kappa shape index (κ2) is 10.6. The Labute approximate surface area is 197 Å². The number of carbonyl (C=O) groups is 2. The van der Waals surface area contributed by atoms with Gasteiger partial charge in [-0.2, -0.15) is 13.2 Å². The SMILES string of the molecule is CCOc1ccc(C(=O)OCc2csc(N(C(C)=O)c3cccc(C(F)(F)F)c3)n2)cc1OC. The molecule has 3 rings (SSSR count). The molecule has 0 spiro atoms. The Bertz CT molecular complexity index is 1180. The van der Waals surface area contributed by atoms with Crippen LogP contribution in [0.3, 0.4) is 0 Å². The van der Waals surface area contributed by atoms with Crippen molar-refractivity contribution in [3.63, 3.8) is 0 Å². The first-order valence-corrected chi connectivity index (χ1v) is 10.9. The summed E-state index contributed by atoms with van der Waals surface area (Å²) in [5.41, 5.74) is -0.274. The molecule has 34 heavy (non-hydrogen) atoms. The fraction of sp³-hybridized carbons (Fsp3) is 0.261. The summed E-state index contributed by atoms with van der Waals surface area (Å²) in [6.45, 7) is 3.29. The van der Waals surface area contributed by atoms with Gasteiger partial charge in [0.15, 0.2) is 16.6 Å². The highest BCUT2D eigenvalue weighted by Crippen LogP contribution is 2.35. The van der Waals surface area contributed by atoms with Gasteiger partial charge in [0.05, 0.1) is 36.2 Å². The largest absolute Gasteiger partial charge is 0.493 e. The third-order valence-corrected chi connectivity index (χ3v) is 5.40. The van der Waals surface area contributed by atoms with Crippen molar-refractivity contribution in [2.75, 3.05) is 18.6 Å². The lowest BCUT2D eigenvalue weighted by atomic mass is 10.2. The highest BCUT2D eigenvalue weighted by molar-refractivity contribution is 7.14. The lowest BCUT2D eigenvalue weighted by Gasteiger charge is -2.19. The van der Waals surface area contributed by atoms with Gasteiger partial charge in [-0.1, -0.05) is 6.07 Å². The van der Waals surface area contributed by atoms with Crippen molar-refractivity contribution in [3.8, 4) is 11.5 Å². The first-order valence-electron chi connectivity index (χ1n) is 10.0. The fourth-order valence-electron chi connectivity index (χ4n) is 3.01. The summed E-state index contributed by atoms with van der Waals surface area (Å²) in [4.78, 5) is 30.0. The summed E-state index contributed by atoms with van der Waals surface area (Å²) in [6.07, 6.45) is -4.55. The Morgan fingerprint density at radius 3 is 2.53 bits per heavy atom. The van der Waals surface area contributed by atoms with E-state index in [-0.39, 0.29) is 23.0 Å². The Morgan fingerprint density at radius 2 is 1.88 bits per heavy atom. The van der Waals surface area contributed by atoms with E-state index in [0.29, 0.717) is 23.8 Å². The summed E-state index contributed by atoms with van der Waals surface area (Å²) in [7, 11) is 1.45. The van der Waals surface area contributed by atoms with E-state index < -0.39 is 23.6 Å². The van der Waals surface area contributed by atoms with E-state index in [0.717, 1.165) is 28.4 Å². The number of ether oxygens (including phenoxy) is 3. The first-order chi connectivity index (χ1) is 16.1. The smallest absolute Gasteiger partial charge is 0.416 e. The van der Waals surface area contributed by atoms with Gasteiger partial charge in [0.25, 0.3) is 0 Å². The van der Waals surface area contributed by atoms with Gasteiger partial charge in [0.1, 0.15) is 6.61 Å².